The average molecular weight is 467 g/mol. The van der Waals surface area contributed by atoms with Crippen LogP contribution in [0.15, 0.2) is 36.5 Å². The summed E-state index contributed by atoms with van der Waals surface area (Å²) in [5.41, 5.74) is 0.680. The number of hydrogen-bond acceptors (Lipinski definition) is 5. The molecular formula is C26H31ClN4O2. The number of carbonyl (C=O) groups is 1. The highest BCUT2D eigenvalue weighted by Gasteiger charge is 2.63. The van der Waals surface area contributed by atoms with Crippen molar-refractivity contribution >= 4 is 28.9 Å². The minimum absolute atomic E-state index is 0.0779. The molecular weight excluding hydrogens is 436 g/mol. The largest absolute Gasteiger partial charge is 0.489 e. The number of nitrogens with one attached hydrogen (secondary N) is 1. The van der Waals surface area contributed by atoms with Gasteiger partial charge in [0.25, 0.3) is 0 Å². The van der Waals surface area contributed by atoms with E-state index in [4.69, 9.17) is 22.9 Å². The third-order valence-electron chi connectivity index (χ3n) is 7.34. The monoisotopic (exact) mass is 466 g/mol. The van der Waals surface area contributed by atoms with Crippen LogP contribution in [-0.4, -0.2) is 43.1 Å². The third-order valence-corrected chi connectivity index (χ3v) is 7.64. The van der Waals surface area contributed by atoms with Crippen LogP contribution < -0.4 is 15.0 Å². The van der Waals surface area contributed by atoms with Gasteiger partial charge in [-0.05, 0) is 30.2 Å². The SMILES string of the molecule is [C-]#[N+]c1ccc(OC2C(C)(C)C(CC(=O)c3ccc(N4CCNCC4)nc3)C2(C)C)cc1Cl. The van der Waals surface area contributed by atoms with Crippen molar-refractivity contribution in [1.29, 1.82) is 0 Å². The molecule has 174 valence electrons. The van der Waals surface area contributed by atoms with E-state index in [1.165, 1.54) is 0 Å². The lowest BCUT2D eigenvalue weighted by atomic mass is 9.44. The fourth-order valence-corrected chi connectivity index (χ4v) is 5.95. The van der Waals surface area contributed by atoms with Gasteiger partial charge in [-0.1, -0.05) is 45.4 Å². The molecule has 1 aliphatic heterocycles. The van der Waals surface area contributed by atoms with Crippen LogP contribution >= 0.6 is 11.6 Å². The van der Waals surface area contributed by atoms with Crippen LogP contribution in [0.3, 0.4) is 0 Å². The Morgan fingerprint density at radius 1 is 1.21 bits per heavy atom. The standard InChI is InChI=1S/C26H31ClN4O2/c1-25(2)22(26(3,4)24(25)33-18-7-8-20(28-5)19(27)14-18)15-21(32)17-6-9-23(30-16-17)31-12-10-29-11-13-31/h6-9,14,16,22,24,29H,10-13,15H2,1-4H3. The molecule has 1 saturated heterocycles. The number of carbonyl (C=O) groups excluding carboxylic acids is 1. The van der Waals surface area contributed by atoms with E-state index in [0.29, 0.717) is 28.4 Å². The summed E-state index contributed by atoms with van der Waals surface area (Å²) in [7, 11) is 0. The molecule has 0 unspecified atom stereocenters. The fourth-order valence-electron chi connectivity index (χ4n) is 5.74. The lowest BCUT2D eigenvalue weighted by molar-refractivity contribution is -0.196. The molecule has 0 spiro atoms. The average Bonchev–Trinajstić information content (AvgIpc) is 2.81. The van der Waals surface area contributed by atoms with Gasteiger partial charge in [-0.25, -0.2) is 9.83 Å². The quantitative estimate of drug-likeness (QED) is 0.456. The molecule has 1 aliphatic carbocycles. The summed E-state index contributed by atoms with van der Waals surface area (Å²) >= 11 is 6.19. The molecule has 4 rings (SSSR count). The molecule has 33 heavy (non-hydrogen) atoms. The van der Waals surface area contributed by atoms with Crippen LogP contribution in [0.25, 0.3) is 4.85 Å². The van der Waals surface area contributed by atoms with E-state index in [0.717, 1.165) is 32.0 Å². The van der Waals surface area contributed by atoms with Crippen molar-refractivity contribution in [3.8, 4) is 5.75 Å². The first-order valence-electron chi connectivity index (χ1n) is 11.4. The zero-order chi connectivity index (χ0) is 23.8. The number of nitrogens with zero attached hydrogens (tertiary/aromatic N) is 3. The third kappa shape index (κ3) is 4.45. The molecule has 0 radical (unpaired) electrons. The maximum Gasteiger partial charge on any atom is 0.205 e. The molecule has 0 atom stereocenters. The van der Waals surface area contributed by atoms with Crippen molar-refractivity contribution in [3.63, 3.8) is 0 Å². The first kappa shape index (κ1) is 23.5. The van der Waals surface area contributed by atoms with E-state index in [-0.39, 0.29) is 28.6 Å². The Morgan fingerprint density at radius 3 is 2.48 bits per heavy atom. The highest BCUT2D eigenvalue weighted by Crippen LogP contribution is 2.61. The summed E-state index contributed by atoms with van der Waals surface area (Å²) in [6.07, 6.45) is 2.09. The number of pyridine rings is 1. The minimum Gasteiger partial charge on any atom is -0.489 e. The molecule has 0 amide bonds. The zero-order valence-electron chi connectivity index (χ0n) is 19.7. The van der Waals surface area contributed by atoms with Crippen LogP contribution in [0.4, 0.5) is 11.5 Å². The first-order valence-corrected chi connectivity index (χ1v) is 11.8. The Bertz CT molecular complexity index is 1050. The van der Waals surface area contributed by atoms with E-state index in [1.807, 2.05) is 12.1 Å². The highest BCUT2D eigenvalue weighted by molar-refractivity contribution is 6.33. The van der Waals surface area contributed by atoms with Gasteiger partial charge in [0.2, 0.25) is 5.69 Å². The van der Waals surface area contributed by atoms with Crippen molar-refractivity contribution < 1.29 is 9.53 Å². The Morgan fingerprint density at radius 2 is 1.91 bits per heavy atom. The molecule has 2 fully saturated rings. The van der Waals surface area contributed by atoms with Gasteiger partial charge in [-0.2, -0.15) is 0 Å². The van der Waals surface area contributed by atoms with Gasteiger partial charge in [-0.15, -0.1) is 0 Å². The summed E-state index contributed by atoms with van der Waals surface area (Å²) in [6, 6.07) is 9.03. The first-order chi connectivity index (χ1) is 15.6. The topological polar surface area (TPSA) is 58.8 Å². The number of ether oxygens (including phenoxy) is 1. The molecule has 0 bridgehead atoms. The molecule has 1 aromatic carbocycles. The van der Waals surface area contributed by atoms with Crippen LogP contribution in [0, 0.1) is 23.3 Å². The molecule has 7 heteroatoms. The second-order valence-corrected chi connectivity index (χ2v) is 10.6. The Balaban J connectivity index is 1.43. The van der Waals surface area contributed by atoms with Gasteiger partial charge in [-0.3, -0.25) is 4.79 Å². The summed E-state index contributed by atoms with van der Waals surface area (Å²) in [5.74, 6) is 1.85. The van der Waals surface area contributed by atoms with Gasteiger partial charge in [0.1, 0.15) is 17.7 Å². The van der Waals surface area contributed by atoms with E-state index in [1.54, 1.807) is 24.4 Å². The normalized spacial score (nSPS) is 23.3. The number of piperazine rings is 1. The number of ketones is 1. The predicted octanol–water partition coefficient (Wildman–Crippen LogP) is 5.40. The van der Waals surface area contributed by atoms with Gasteiger partial charge in [0.05, 0.1) is 11.6 Å². The predicted molar refractivity (Wildman–Crippen MR) is 131 cm³/mol. The van der Waals surface area contributed by atoms with E-state index in [9.17, 15) is 4.79 Å². The Kier molecular flexibility index (Phi) is 6.39. The summed E-state index contributed by atoms with van der Waals surface area (Å²) in [5, 5.41) is 3.73. The zero-order valence-corrected chi connectivity index (χ0v) is 20.4. The highest BCUT2D eigenvalue weighted by atomic mass is 35.5. The number of aromatic nitrogens is 1. The van der Waals surface area contributed by atoms with E-state index in [2.05, 4.69) is 47.7 Å². The minimum atomic E-state index is -0.196. The Hall–Kier alpha value is -2.62. The number of rotatable bonds is 6. The van der Waals surface area contributed by atoms with E-state index < -0.39 is 0 Å². The maximum absolute atomic E-state index is 13.1. The summed E-state index contributed by atoms with van der Waals surface area (Å²) in [6.45, 7) is 19.5. The molecule has 1 N–H and O–H groups in total. The molecule has 6 nitrogen and oxygen atoms in total. The van der Waals surface area contributed by atoms with Crippen LogP contribution in [0.1, 0.15) is 44.5 Å². The molecule has 2 aliphatic rings. The van der Waals surface area contributed by atoms with Crippen molar-refractivity contribution in [2.45, 2.75) is 40.2 Å². The van der Waals surface area contributed by atoms with Gasteiger partial charge in [0.15, 0.2) is 5.78 Å². The number of anilines is 1. The Labute approximate surface area is 201 Å². The van der Waals surface area contributed by atoms with Gasteiger partial charge in [0, 0.05) is 55.2 Å². The number of Topliss-reactive ketones (excluding diaryl/α,β-unsaturated/α-hetero) is 1. The van der Waals surface area contributed by atoms with E-state index >= 15 is 0 Å². The second-order valence-electron chi connectivity index (χ2n) is 10.2. The molecule has 1 aromatic heterocycles. The number of halogens is 1. The van der Waals surface area contributed by atoms with Crippen molar-refractivity contribution in [2.75, 3.05) is 31.1 Å². The summed E-state index contributed by atoms with van der Waals surface area (Å²) in [4.78, 5) is 23.3. The lowest BCUT2D eigenvalue weighted by Crippen LogP contribution is -2.66. The van der Waals surface area contributed by atoms with Crippen molar-refractivity contribution in [2.24, 2.45) is 16.7 Å². The molecule has 1 saturated carbocycles. The van der Waals surface area contributed by atoms with Crippen LogP contribution in [0.2, 0.25) is 5.02 Å². The van der Waals surface area contributed by atoms with Crippen LogP contribution in [0.5, 0.6) is 5.75 Å². The number of hydrogen-bond donors (Lipinski definition) is 1. The van der Waals surface area contributed by atoms with Gasteiger partial charge >= 0.3 is 0 Å². The molecule has 2 aromatic rings. The van der Waals surface area contributed by atoms with Crippen molar-refractivity contribution in [3.05, 3.63) is 58.5 Å². The molecule has 2 heterocycles. The fraction of sp³-hybridized carbons (Fsp3) is 0.500. The van der Waals surface area contributed by atoms with Gasteiger partial charge < -0.3 is 15.0 Å². The maximum atomic E-state index is 13.1. The van der Waals surface area contributed by atoms with Crippen LogP contribution in [-0.2, 0) is 0 Å². The second kappa shape index (κ2) is 8.96. The van der Waals surface area contributed by atoms with Crippen molar-refractivity contribution in [1.82, 2.24) is 10.3 Å². The lowest BCUT2D eigenvalue weighted by Gasteiger charge is -2.63. The number of benzene rings is 1. The summed E-state index contributed by atoms with van der Waals surface area (Å²) < 4.78 is 6.34. The smallest absolute Gasteiger partial charge is 0.205 e.